The maximum absolute atomic E-state index is 12.5. The SMILES string of the molecule is COc1cc(/C=N\NC(=O)c2ccc(COc3ccccc3-c3ccccc3)cc2)cc(OC)c1OC. The van der Waals surface area contributed by atoms with Gasteiger partial charge in [0.2, 0.25) is 5.75 Å². The van der Waals surface area contributed by atoms with Gasteiger partial charge in [-0.05, 0) is 41.5 Å². The highest BCUT2D eigenvalue weighted by atomic mass is 16.5. The molecule has 4 rings (SSSR count). The summed E-state index contributed by atoms with van der Waals surface area (Å²) in [6.07, 6.45) is 1.51. The van der Waals surface area contributed by atoms with Crippen LogP contribution in [0, 0.1) is 0 Å². The third-order valence-corrected chi connectivity index (χ3v) is 5.65. The molecular formula is C30H28N2O5. The lowest BCUT2D eigenvalue weighted by molar-refractivity contribution is 0.0955. The van der Waals surface area contributed by atoms with Crippen LogP contribution in [0.25, 0.3) is 11.1 Å². The fraction of sp³-hybridized carbons (Fsp3) is 0.133. The van der Waals surface area contributed by atoms with Gasteiger partial charge in [-0.3, -0.25) is 4.79 Å². The number of para-hydroxylation sites is 1. The van der Waals surface area contributed by atoms with Crippen molar-refractivity contribution in [3.05, 3.63) is 108 Å². The van der Waals surface area contributed by atoms with Gasteiger partial charge in [0.25, 0.3) is 5.91 Å². The number of nitrogens with one attached hydrogen (secondary N) is 1. The average Bonchev–Trinajstić information content (AvgIpc) is 2.96. The molecule has 0 radical (unpaired) electrons. The van der Waals surface area contributed by atoms with E-state index in [2.05, 4.69) is 22.7 Å². The zero-order chi connectivity index (χ0) is 26.0. The number of hydrazone groups is 1. The van der Waals surface area contributed by atoms with Gasteiger partial charge in [0, 0.05) is 16.7 Å². The fourth-order valence-electron chi connectivity index (χ4n) is 3.77. The maximum atomic E-state index is 12.5. The number of rotatable bonds is 10. The zero-order valence-electron chi connectivity index (χ0n) is 20.9. The van der Waals surface area contributed by atoms with Crippen molar-refractivity contribution in [2.45, 2.75) is 6.61 Å². The Labute approximate surface area is 216 Å². The quantitative estimate of drug-likeness (QED) is 0.224. The van der Waals surface area contributed by atoms with Crippen LogP contribution < -0.4 is 24.4 Å². The lowest BCUT2D eigenvalue weighted by Gasteiger charge is -2.12. The number of hydrogen-bond acceptors (Lipinski definition) is 6. The van der Waals surface area contributed by atoms with Crippen molar-refractivity contribution in [2.24, 2.45) is 5.10 Å². The zero-order valence-corrected chi connectivity index (χ0v) is 20.9. The molecule has 0 saturated carbocycles. The minimum absolute atomic E-state index is 0.328. The molecule has 0 aliphatic heterocycles. The number of hydrogen-bond donors (Lipinski definition) is 1. The van der Waals surface area contributed by atoms with Crippen molar-refractivity contribution < 1.29 is 23.7 Å². The molecule has 7 heteroatoms. The van der Waals surface area contributed by atoms with E-state index in [1.54, 1.807) is 24.3 Å². The average molecular weight is 497 g/mol. The topological polar surface area (TPSA) is 78.4 Å². The van der Waals surface area contributed by atoms with E-state index >= 15 is 0 Å². The van der Waals surface area contributed by atoms with Crippen LogP contribution in [0.3, 0.4) is 0 Å². The van der Waals surface area contributed by atoms with Crippen LogP contribution in [0.4, 0.5) is 0 Å². The van der Waals surface area contributed by atoms with Gasteiger partial charge in [0.1, 0.15) is 12.4 Å². The summed E-state index contributed by atoms with van der Waals surface area (Å²) in [5, 5.41) is 4.06. The van der Waals surface area contributed by atoms with Gasteiger partial charge in [0.05, 0.1) is 27.5 Å². The van der Waals surface area contributed by atoms with Crippen molar-refractivity contribution in [3.8, 4) is 34.1 Å². The van der Waals surface area contributed by atoms with Crippen molar-refractivity contribution in [1.82, 2.24) is 5.43 Å². The third-order valence-electron chi connectivity index (χ3n) is 5.65. The summed E-state index contributed by atoms with van der Waals surface area (Å²) in [4.78, 5) is 12.5. The molecule has 4 aromatic rings. The molecule has 0 heterocycles. The predicted octanol–water partition coefficient (Wildman–Crippen LogP) is 5.72. The first-order valence-corrected chi connectivity index (χ1v) is 11.6. The number of ether oxygens (including phenoxy) is 4. The van der Waals surface area contributed by atoms with Crippen molar-refractivity contribution in [1.29, 1.82) is 0 Å². The van der Waals surface area contributed by atoms with Gasteiger partial charge in [0.15, 0.2) is 11.5 Å². The van der Waals surface area contributed by atoms with Gasteiger partial charge >= 0.3 is 0 Å². The standard InChI is InChI=1S/C30H28N2O5/c1-34-27-17-22(18-28(35-2)29(27)36-3)19-31-32-30(33)24-15-13-21(14-16-24)20-37-26-12-8-7-11-25(26)23-9-5-4-6-10-23/h4-19H,20H2,1-3H3,(H,32,33)/b31-19-. The van der Waals surface area contributed by atoms with E-state index in [1.807, 2.05) is 54.6 Å². The first kappa shape index (κ1) is 25.3. The van der Waals surface area contributed by atoms with E-state index in [4.69, 9.17) is 18.9 Å². The number of benzene rings is 4. The van der Waals surface area contributed by atoms with Gasteiger partial charge in [-0.25, -0.2) is 5.43 Å². The summed E-state index contributed by atoms with van der Waals surface area (Å²) in [6, 6.07) is 28.7. The lowest BCUT2D eigenvalue weighted by atomic mass is 10.0. The van der Waals surface area contributed by atoms with Crippen molar-refractivity contribution in [2.75, 3.05) is 21.3 Å². The van der Waals surface area contributed by atoms with E-state index in [0.29, 0.717) is 35.0 Å². The number of nitrogens with zero attached hydrogens (tertiary/aromatic N) is 1. The Kier molecular flexibility index (Phi) is 8.39. The lowest BCUT2D eigenvalue weighted by Crippen LogP contribution is -2.17. The van der Waals surface area contributed by atoms with Crippen LogP contribution in [-0.4, -0.2) is 33.5 Å². The highest BCUT2D eigenvalue weighted by Crippen LogP contribution is 2.37. The van der Waals surface area contributed by atoms with E-state index in [9.17, 15) is 4.79 Å². The number of amides is 1. The molecule has 4 aromatic carbocycles. The summed E-state index contributed by atoms with van der Waals surface area (Å²) in [6.45, 7) is 0.380. The molecule has 0 spiro atoms. The molecule has 0 atom stereocenters. The van der Waals surface area contributed by atoms with Crippen LogP contribution >= 0.6 is 0 Å². The summed E-state index contributed by atoms with van der Waals surface area (Å²) in [7, 11) is 4.61. The minimum atomic E-state index is -0.328. The highest BCUT2D eigenvalue weighted by Gasteiger charge is 2.12. The van der Waals surface area contributed by atoms with Crippen LogP contribution in [0.2, 0.25) is 0 Å². The summed E-state index contributed by atoms with van der Waals surface area (Å²) in [5.74, 6) is 1.96. The second kappa shape index (κ2) is 12.3. The Morgan fingerprint density at radius 3 is 2.08 bits per heavy atom. The number of carbonyl (C=O) groups is 1. The second-order valence-electron chi connectivity index (χ2n) is 8.01. The number of carbonyl (C=O) groups excluding carboxylic acids is 1. The molecule has 188 valence electrons. The summed E-state index contributed by atoms with van der Waals surface area (Å²) >= 11 is 0. The molecule has 0 aromatic heterocycles. The molecule has 1 amide bonds. The summed E-state index contributed by atoms with van der Waals surface area (Å²) < 4.78 is 22.1. The molecule has 0 aliphatic carbocycles. The van der Waals surface area contributed by atoms with Gasteiger partial charge in [-0.1, -0.05) is 60.7 Å². The van der Waals surface area contributed by atoms with E-state index in [-0.39, 0.29) is 5.91 Å². The van der Waals surface area contributed by atoms with Crippen LogP contribution in [0.5, 0.6) is 23.0 Å². The molecule has 0 fully saturated rings. The maximum Gasteiger partial charge on any atom is 0.271 e. The first-order chi connectivity index (χ1) is 18.1. The Hall–Kier alpha value is -4.78. The van der Waals surface area contributed by atoms with Gasteiger partial charge in [-0.2, -0.15) is 5.10 Å². The molecule has 7 nitrogen and oxygen atoms in total. The molecular weight excluding hydrogens is 468 g/mol. The second-order valence-corrected chi connectivity index (χ2v) is 8.01. The molecule has 1 N–H and O–H groups in total. The molecule has 0 aliphatic rings. The van der Waals surface area contributed by atoms with Crippen LogP contribution in [0.15, 0.2) is 96.1 Å². The monoisotopic (exact) mass is 496 g/mol. The minimum Gasteiger partial charge on any atom is -0.493 e. The Morgan fingerprint density at radius 2 is 1.43 bits per heavy atom. The fourth-order valence-corrected chi connectivity index (χ4v) is 3.77. The largest absolute Gasteiger partial charge is 0.493 e. The Balaban J connectivity index is 1.37. The molecule has 0 unspecified atom stereocenters. The van der Waals surface area contributed by atoms with Crippen molar-refractivity contribution >= 4 is 12.1 Å². The normalized spacial score (nSPS) is 10.7. The van der Waals surface area contributed by atoms with E-state index in [0.717, 1.165) is 22.4 Å². The van der Waals surface area contributed by atoms with Gasteiger partial charge < -0.3 is 18.9 Å². The Morgan fingerprint density at radius 1 is 0.784 bits per heavy atom. The predicted molar refractivity (Wildman–Crippen MR) is 144 cm³/mol. The van der Waals surface area contributed by atoms with Crippen LogP contribution in [-0.2, 0) is 6.61 Å². The molecule has 0 saturated heterocycles. The van der Waals surface area contributed by atoms with Crippen molar-refractivity contribution in [3.63, 3.8) is 0 Å². The summed E-state index contributed by atoms with van der Waals surface area (Å²) in [5.41, 5.74) is 6.77. The van der Waals surface area contributed by atoms with Gasteiger partial charge in [-0.15, -0.1) is 0 Å². The Bertz CT molecular complexity index is 1340. The third kappa shape index (κ3) is 6.27. The molecule has 0 bridgehead atoms. The van der Waals surface area contributed by atoms with E-state index in [1.165, 1.54) is 27.5 Å². The van der Waals surface area contributed by atoms with Crippen LogP contribution in [0.1, 0.15) is 21.5 Å². The highest BCUT2D eigenvalue weighted by molar-refractivity contribution is 5.95. The number of methoxy groups -OCH3 is 3. The van der Waals surface area contributed by atoms with E-state index < -0.39 is 0 Å². The smallest absolute Gasteiger partial charge is 0.271 e. The first-order valence-electron chi connectivity index (χ1n) is 11.6. The molecule has 37 heavy (non-hydrogen) atoms.